The van der Waals surface area contributed by atoms with Gasteiger partial charge in [0.2, 0.25) is 0 Å². The molecule has 6 nitrogen and oxygen atoms in total. The van der Waals surface area contributed by atoms with E-state index in [0.717, 1.165) is 17.7 Å². The van der Waals surface area contributed by atoms with Crippen LogP contribution in [0.25, 0.3) is 0 Å². The van der Waals surface area contributed by atoms with Gasteiger partial charge in [0.25, 0.3) is 5.91 Å². The summed E-state index contributed by atoms with van der Waals surface area (Å²) >= 11 is 0. The van der Waals surface area contributed by atoms with Crippen molar-refractivity contribution >= 4 is 11.6 Å². The third kappa shape index (κ3) is 7.33. The van der Waals surface area contributed by atoms with Crippen LogP contribution in [-0.4, -0.2) is 55.1 Å². The van der Waals surface area contributed by atoms with Gasteiger partial charge in [-0.3, -0.25) is 4.79 Å². The molecule has 0 aliphatic carbocycles. The lowest BCUT2D eigenvalue weighted by Gasteiger charge is -2.27. The second-order valence-electron chi connectivity index (χ2n) is 7.03. The Kier molecular flexibility index (Phi) is 9.19. The number of amides is 1. The van der Waals surface area contributed by atoms with Gasteiger partial charge < -0.3 is 24.4 Å². The van der Waals surface area contributed by atoms with Gasteiger partial charge in [-0.15, -0.1) is 13.2 Å². The SMILES string of the molecule is CC.CN(c1ccc(OC(F)(F)F)cc1)C1CCN(C(=O)COc2ccc(CO)cc2)C1. The molecule has 0 saturated carbocycles. The van der Waals surface area contributed by atoms with Gasteiger partial charge in [0, 0.05) is 31.9 Å². The lowest BCUT2D eigenvalue weighted by atomic mass is 10.2. The summed E-state index contributed by atoms with van der Waals surface area (Å²) in [5, 5.41) is 9.04. The highest BCUT2D eigenvalue weighted by Gasteiger charge is 2.32. The zero-order chi connectivity index (χ0) is 23.7. The number of carbonyl (C=O) groups is 1. The predicted octanol–water partition coefficient (Wildman–Crippen LogP) is 4.22. The number of likely N-dealkylation sites (tertiary alicyclic amines) is 1. The molecule has 1 saturated heterocycles. The Morgan fingerprint density at radius 3 is 2.25 bits per heavy atom. The first-order valence-corrected chi connectivity index (χ1v) is 10.4. The monoisotopic (exact) mass is 454 g/mol. The van der Waals surface area contributed by atoms with E-state index in [9.17, 15) is 18.0 Å². The average molecular weight is 454 g/mol. The molecule has 1 amide bonds. The third-order valence-electron chi connectivity index (χ3n) is 5.01. The Morgan fingerprint density at radius 2 is 1.69 bits per heavy atom. The fourth-order valence-corrected chi connectivity index (χ4v) is 3.31. The van der Waals surface area contributed by atoms with Crippen molar-refractivity contribution in [2.45, 2.75) is 39.3 Å². The second-order valence-corrected chi connectivity index (χ2v) is 7.03. The molecule has 176 valence electrons. The number of rotatable bonds is 7. The van der Waals surface area contributed by atoms with Crippen molar-refractivity contribution in [1.82, 2.24) is 4.90 Å². The van der Waals surface area contributed by atoms with E-state index in [1.165, 1.54) is 12.1 Å². The van der Waals surface area contributed by atoms with Crippen LogP contribution in [0.2, 0.25) is 0 Å². The molecular formula is C23H29F3N2O4. The Labute approximate surface area is 186 Å². The zero-order valence-electron chi connectivity index (χ0n) is 18.4. The third-order valence-corrected chi connectivity index (χ3v) is 5.01. The quantitative estimate of drug-likeness (QED) is 0.679. The maximum absolute atomic E-state index is 12.4. The molecule has 1 heterocycles. The zero-order valence-corrected chi connectivity index (χ0v) is 18.4. The number of aliphatic hydroxyl groups is 1. The molecule has 0 bridgehead atoms. The number of ether oxygens (including phenoxy) is 2. The van der Waals surface area contributed by atoms with Gasteiger partial charge in [0.1, 0.15) is 11.5 Å². The number of carbonyl (C=O) groups excluding carboxylic acids is 1. The number of hydrogen-bond donors (Lipinski definition) is 1. The van der Waals surface area contributed by atoms with Crippen molar-refractivity contribution in [2.75, 3.05) is 31.6 Å². The van der Waals surface area contributed by atoms with E-state index in [1.807, 2.05) is 25.8 Å². The fraction of sp³-hybridized carbons (Fsp3) is 0.435. The Morgan fingerprint density at radius 1 is 1.09 bits per heavy atom. The van der Waals surface area contributed by atoms with Crippen LogP contribution in [0.5, 0.6) is 11.5 Å². The highest BCUT2D eigenvalue weighted by Crippen LogP contribution is 2.27. The van der Waals surface area contributed by atoms with Crippen molar-refractivity contribution in [3.05, 3.63) is 54.1 Å². The number of anilines is 1. The number of aliphatic hydroxyl groups excluding tert-OH is 1. The molecule has 1 N–H and O–H groups in total. The van der Waals surface area contributed by atoms with Crippen LogP contribution in [0.15, 0.2) is 48.5 Å². The van der Waals surface area contributed by atoms with Crippen molar-refractivity contribution in [3.63, 3.8) is 0 Å². The highest BCUT2D eigenvalue weighted by molar-refractivity contribution is 5.78. The Bertz CT molecular complexity index is 842. The summed E-state index contributed by atoms with van der Waals surface area (Å²) in [6.45, 7) is 4.94. The maximum atomic E-state index is 12.4. The maximum Gasteiger partial charge on any atom is 0.573 e. The van der Waals surface area contributed by atoms with Gasteiger partial charge in [-0.25, -0.2) is 0 Å². The van der Waals surface area contributed by atoms with Crippen LogP contribution < -0.4 is 14.4 Å². The molecule has 1 fully saturated rings. The molecule has 0 spiro atoms. The number of likely N-dealkylation sites (N-methyl/N-ethyl adjacent to an activating group) is 1. The predicted molar refractivity (Wildman–Crippen MR) is 116 cm³/mol. The largest absolute Gasteiger partial charge is 0.573 e. The Balaban J connectivity index is 0.00000176. The number of hydrogen-bond acceptors (Lipinski definition) is 5. The normalized spacial score (nSPS) is 15.6. The van der Waals surface area contributed by atoms with Gasteiger partial charge in [0.15, 0.2) is 6.61 Å². The molecule has 1 unspecified atom stereocenters. The topological polar surface area (TPSA) is 62.2 Å². The van der Waals surface area contributed by atoms with Crippen LogP contribution >= 0.6 is 0 Å². The van der Waals surface area contributed by atoms with Crippen LogP contribution in [0.4, 0.5) is 18.9 Å². The van der Waals surface area contributed by atoms with Crippen LogP contribution in [0.1, 0.15) is 25.8 Å². The molecule has 32 heavy (non-hydrogen) atoms. The smallest absolute Gasteiger partial charge is 0.484 e. The van der Waals surface area contributed by atoms with Crippen LogP contribution in [0.3, 0.4) is 0 Å². The summed E-state index contributed by atoms with van der Waals surface area (Å²) in [4.78, 5) is 16.1. The Hall–Kier alpha value is -2.94. The first-order chi connectivity index (χ1) is 15.2. The fourth-order valence-electron chi connectivity index (χ4n) is 3.31. The van der Waals surface area contributed by atoms with Gasteiger partial charge in [0.05, 0.1) is 6.61 Å². The molecule has 0 radical (unpaired) electrons. The summed E-state index contributed by atoms with van der Waals surface area (Å²) in [6, 6.07) is 12.6. The molecule has 3 rings (SSSR count). The van der Waals surface area contributed by atoms with Crippen molar-refractivity contribution in [2.24, 2.45) is 0 Å². The van der Waals surface area contributed by atoms with Crippen LogP contribution in [-0.2, 0) is 11.4 Å². The number of nitrogens with zero attached hydrogens (tertiary/aromatic N) is 2. The molecule has 0 aromatic heterocycles. The summed E-state index contributed by atoms with van der Waals surface area (Å²) < 4.78 is 46.2. The first-order valence-electron chi connectivity index (χ1n) is 10.4. The molecule has 9 heteroatoms. The summed E-state index contributed by atoms with van der Waals surface area (Å²) in [5.74, 6) is 0.146. The van der Waals surface area contributed by atoms with Crippen molar-refractivity contribution in [3.8, 4) is 11.5 Å². The molecule has 2 aromatic rings. The summed E-state index contributed by atoms with van der Waals surface area (Å²) in [6.07, 6.45) is -3.98. The van der Waals surface area contributed by atoms with E-state index >= 15 is 0 Å². The standard InChI is InChI=1S/C21H23F3N2O4.C2H6/c1-25(16-4-8-19(9-5-16)30-21(22,23)24)17-10-11-26(12-17)20(28)14-29-18-6-2-15(13-27)3-7-18;1-2/h2-9,17,27H,10-14H2,1H3;1-2H3. The van der Waals surface area contributed by atoms with E-state index in [2.05, 4.69) is 4.74 Å². The molecule has 1 atom stereocenters. The minimum absolute atomic E-state index is 0.0483. The molecule has 1 aliphatic rings. The van der Waals surface area contributed by atoms with E-state index in [4.69, 9.17) is 9.84 Å². The minimum Gasteiger partial charge on any atom is -0.484 e. The van der Waals surface area contributed by atoms with E-state index in [-0.39, 0.29) is 30.9 Å². The van der Waals surface area contributed by atoms with Gasteiger partial charge >= 0.3 is 6.36 Å². The van der Waals surface area contributed by atoms with Crippen LogP contribution in [0, 0.1) is 0 Å². The van der Waals surface area contributed by atoms with Gasteiger partial charge in [-0.2, -0.15) is 0 Å². The number of alkyl halides is 3. The van der Waals surface area contributed by atoms with Gasteiger partial charge in [-0.05, 0) is 48.4 Å². The van der Waals surface area contributed by atoms with Crippen molar-refractivity contribution in [1.29, 1.82) is 0 Å². The first kappa shape index (κ1) is 25.3. The summed E-state index contributed by atoms with van der Waals surface area (Å²) in [7, 11) is 1.84. The van der Waals surface area contributed by atoms with Gasteiger partial charge in [-0.1, -0.05) is 26.0 Å². The molecule has 1 aliphatic heterocycles. The molecular weight excluding hydrogens is 425 g/mol. The summed E-state index contributed by atoms with van der Waals surface area (Å²) in [5.41, 5.74) is 1.50. The lowest BCUT2D eigenvalue weighted by molar-refractivity contribution is -0.274. The number of halogens is 3. The number of benzene rings is 2. The lowest BCUT2D eigenvalue weighted by Crippen LogP contribution is -2.38. The molecule has 2 aromatic carbocycles. The van der Waals surface area contributed by atoms with E-state index in [0.29, 0.717) is 18.8 Å². The average Bonchev–Trinajstić information content (AvgIpc) is 3.28. The van der Waals surface area contributed by atoms with E-state index < -0.39 is 6.36 Å². The van der Waals surface area contributed by atoms with E-state index in [1.54, 1.807) is 41.3 Å². The highest BCUT2D eigenvalue weighted by atomic mass is 19.4. The van der Waals surface area contributed by atoms with Crippen molar-refractivity contribution < 1.29 is 32.5 Å². The second kappa shape index (κ2) is 11.6. The minimum atomic E-state index is -4.72.